The van der Waals surface area contributed by atoms with E-state index in [0.717, 1.165) is 19.0 Å². The number of hydrogen-bond donors (Lipinski definition) is 1. The molecule has 2 heteroatoms. The minimum absolute atomic E-state index is 0.688. The molecule has 0 bridgehead atoms. The summed E-state index contributed by atoms with van der Waals surface area (Å²) in [5, 5.41) is 3.51. The quantitative estimate of drug-likeness (QED) is 0.802. The summed E-state index contributed by atoms with van der Waals surface area (Å²) in [6.07, 6.45) is 9.30. The summed E-state index contributed by atoms with van der Waals surface area (Å²) in [4.78, 5) is 0. The number of methoxy groups -OCH3 is 1. The Labute approximate surface area is 129 Å². The highest BCUT2D eigenvalue weighted by atomic mass is 16.5. The van der Waals surface area contributed by atoms with Crippen molar-refractivity contribution in [2.24, 2.45) is 5.92 Å². The van der Waals surface area contributed by atoms with Gasteiger partial charge >= 0.3 is 0 Å². The molecule has 0 spiro atoms. The number of nitrogens with one attached hydrogen (secondary N) is 1. The fourth-order valence-electron chi connectivity index (χ4n) is 3.21. The molecule has 0 radical (unpaired) electrons. The van der Waals surface area contributed by atoms with Gasteiger partial charge in [-0.25, -0.2) is 0 Å². The summed E-state index contributed by atoms with van der Waals surface area (Å²) in [7, 11) is 1.75. The van der Waals surface area contributed by atoms with Crippen LogP contribution in [0.2, 0.25) is 0 Å². The van der Waals surface area contributed by atoms with Crippen LogP contribution in [0, 0.1) is 5.92 Å². The van der Waals surface area contributed by atoms with Crippen LogP contribution in [0.5, 0.6) is 0 Å². The molecule has 1 aromatic rings. The van der Waals surface area contributed by atoms with E-state index in [1.807, 2.05) is 0 Å². The van der Waals surface area contributed by atoms with Crippen molar-refractivity contribution < 1.29 is 4.74 Å². The minimum atomic E-state index is 0.688. The number of hydrogen-bond acceptors (Lipinski definition) is 2. The Kier molecular flexibility index (Phi) is 6.98. The first kappa shape index (κ1) is 16.3. The number of benzene rings is 1. The molecule has 116 valence electrons. The van der Waals surface area contributed by atoms with Crippen LogP contribution in [-0.4, -0.2) is 20.2 Å². The van der Waals surface area contributed by atoms with Gasteiger partial charge in [0.25, 0.3) is 0 Å². The summed E-state index contributed by atoms with van der Waals surface area (Å²) in [5.41, 5.74) is 4.13. The lowest BCUT2D eigenvalue weighted by Gasteiger charge is -2.25. The van der Waals surface area contributed by atoms with Crippen molar-refractivity contribution in [3.8, 4) is 0 Å². The van der Waals surface area contributed by atoms with Gasteiger partial charge in [-0.15, -0.1) is 0 Å². The lowest BCUT2D eigenvalue weighted by atomic mass is 9.83. The lowest BCUT2D eigenvalue weighted by Crippen LogP contribution is -2.22. The fraction of sp³-hybridized carbons (Fsp3) is 0.579. The van der Waals surface area contributed by atoms with E-state index < -0.39 is 0 Å². The predicted octanol–water partition coefficient (Wildman–Crippen LogP) is 4.41. The number of ether oxygens (including phenoxy) is 1. The molecule has 1 saturated carbocycles. The molecule has 0 saturated heterocycles. The van der Waals surface area contributed by atoms with Gasteiger partial charge in [-0.05, 0) is 42.5 Å². The van der Waals surface area contributed by atoms with Gasteiger partial charge in [0.15, 0.2) is 0 Å². The third-order valence-corrected chi connectivity index (χ3v) is 4.32. The normalized spacial score (nSPS) is 17.1. The second kappa shape index (κ2) is 9.01. The summed E-state index contributed by atoms with van der Waals surface area (Å²) in [5.74, 6) is 0.767. The summed E-state index contributed by atoms with van der Waals surface area (Å²) < 4.78 is 5.24. The average molecular weight is 287 g/mol. The van der Waals surface area contributed by atoms with E-state index in [9.17, 15) is 0 Å². The molecule has 0 unspecified atom stereocenters. The third-order valence-electron chi connectivity index (χ3n) is 4.32. The first-order valence-electron chi connectivity index (χ1n) is 8.32. The van der Waals surface area contributed by atoms with Gasteiger partial charge in [-0.3, -0.25) is 0 Å². The van der Waals surface area contributed by atoms with Crippen LogP contribution in [0.4, 0.5) is 0 Å². The molecule has 0 aromatic heterocycles. The Morgan fingerprint density at radius 2 is 2.10 bits per heavy atom. The molecule has 1 N–H and O–H groups in total. The van der Waals surface area contributed by atoms with E-state index in [1.54, 1.807) is 12.7 Å². The molecule has 0 aliphatic heterocycles. The molecule has 1 fully saturated rings. The van der Waals surface area contributed by atoms with E-state index in [-0.39, 0.29) is 0 Å². The van der Waals surface area contributed by atoms with Crippen molar-refractivity contribution in [2.75, 3.05) is 20.2 Å². The topological polar surface area (TPSA) is 21.3 Å². The van der Waals surface area contributed by atoms with Crippen LogP contribution in [0.1, 0.15) is 50.2 Å². The Morgan fingerprint density at radius 3 is 2.81 bits per heavy atom. The number of likely N-dealkylation sites (N-methyl/N-ethyl adjacent to an activating group) is 1. The highest BCUT2D eigenvalue weighted by Crippen LogP contribution is 2.30. The highest BCUT2D eigenvalue weighted by Gasteiger charge is 2.17. The van der Waals surface area contributed by atoms with E-state index in [1.165, 1.54) is 43.2 Å². The number of rotatable bonds is 7. The molecule has 1 aliphatic rings. The largest absolute Gasteiger partial charge is 0.380 e. The van der Waals surface area contributed by atoms with Gasteiger partial charge in [0.05, 0.1) is 6.61 Å². The Morgan fingerprint density at radius 1 is 1.29 bits per heavy atom. The molecule has 0 heterocycles. The minimum Gasteiger partial charge on any atom is -0.380 e. The summed E-state index contributed by atoms with van der Waals surface area (Å²) in [6, 6.07) is 8.71. The van der Waals surface area contributed by atoms with Crippen LogP contribution in [0.3, 0.4) is 0 Å². The zero-order chi connectivity index (χ0) is 14.9. The SMILES string of the molecule is CCNC/C(=C/c1cccc(COC)c1)C1CCCCC1. The molecule has 0 amide bonds. The van der Waals surface area contributed by atoms with Gasteiger partial charge < -0.3 is 10.1 Å². The van der Waals surface area contributed by atoms with Crippen LogP contribution >= 0.6 is 0 Å². The van der Waals surface area contributed by atoms with Gasteiger partial charge in [0, 0.05) is 13.7 Å². The smallest absolute Gasteiger partial charge is 0.0713 e. The third kappa shape index (κ3) is 5.29. The van der Waals surface area contributed by atoms with Crippen molar-refractivity contribution in [1.29, 1.82) is 0 Å². The summed E-state index contributed by atoms with van der Waals surface area (Å²) in [6.45, 7) is 4.93. The molecule has 21 heavy (non-hydrogen) atoms. The van der Waals surface area contributed by atoms with Crippen molar-refractivity contribution in [2.45, 2.75) is 45.6 Å². The molecule has 2 nitrogen and oxygen atoms in total. The molecular formula is C19H29NO. The molecule has 2 rings (SSSR count). The van der Waals surface area contributed by atoms with Gasteiger partial charge in [0.2, 0.25) is 0 Å². The van der Waals surface area contributed by atoms with E-state index in [4.69, 9.17) is 4.74 Å². The molecule has 1 aromatic carbocycles. The van der Waals surface area contributed by atoms with E-state index in [0.29, 0.717) is 6.61 Å². The first-order valence-corrected chi connectivity index (χ1v) is 8.32. The second-order valence-corrected chi connectivity index (χ2v) is 6.01. The maximum absolute atomic E-state index is 5.24. The Bertz CT molecular complexity index is 447. The average Bonchev–Trinajstić information content (AvgIpc) is 2.53. The van der Waals surface area contributed by atoms with Crippen LogP contribution in [0.25, 0.3) is 6.08 Å². The Hall–Kier alpha value is -1.12. The zero-order valence-electron chi connectivity index (χ0n) is 13.5. The summed E-state index contributed by atoms with van der Waals surface area (Å²) >= 11 is 0. The maximum atomic E-state index is 5.24. The van der Waals surface area contributed by atoms with Crippen molar-refractivity contribution >= 4 is 6.08 Å². The van der Waals surface area contributed by atoms with Crippen LogP contribution < -0.4 is 5.32 Å². The van der Waals surface area contributed by atoms with Crippen molar-refractivity contribution in [3.05, 3.63) is 41.0 Å². The Balaban J connectivity index is 2.15. The molecule has 0 atom stereocenters. The molecular weight excluding hydrogens is 258 g/mol. The maximum Gasteiger partial charge on any atom is 0.0713 e. The van der Waals surface area contributed by atoms with Crippen molar-refractivity contribution in [1.82, 2.24) is 5.32 Å². The van der Waals surface area contributed by atoms with Crippen molar-refractivity contribution in [3.63, 3.8) is 0 Å². The van der Waals surface area contributed by atoms with Gasteiger partial charge in [-0.2, -0.15) is 0 Å². The van der Waals surface area contributed by atoms with Gasteiger partial charge in [0.1, 0.15) is 0 Å². The predicted molar refractivity (Wildman–Crippen MR) is 90.3 cm³/mol. The zero-order valence-corrected chi connectivity index (χ0v) is 13.5. The highest BCUT2D eigenvalue weighted by molar-refractivity contribution is 5.54. The lowest BCUT2D eigenvalue weighted by molar-refractivity contribution is 0.185. The fourth-order valence-corrected chi connectivity index (χ4v) is 3.21. The van der Waals surface area contributed by atoms with Crippen LogP contribution in [0.15, 0.2) is 29.8 Å². The standard InChI is InChI=1S/C19H29NO/c1-3-20-14-19(18-10-5-4-6-11-18)13-16-8-7-9-17(12-16)15-21-2/h7-9,12-13,18,20H,3-6,10-11,14-15H2,1-2H3/b19-13-. The van der Waals surface area contributed by atoms with Crippen LogP contribution in [-0.2, 0) is 11.3 Å². The van der Waals surface area contributed by atoms with E-state index in [2.05, 4.69) is 42.6 Å². The monoisotopic (exact) mass is 287 g/mol. The first-order chi connectivity index (χ1) is 10.3. The molecule has 1 aliphatic carbocycles. The second-order valence-electron chi connectivity index (χ2n) is 6.01. The van der Waals surface area contributed by atoms with Gasteiger partial charge in [-0.1, -0.05) is 56.0 Å². The van der Waals surface area contributed by atoms with E-state index >= 15 is 0 Å².